The molecule has 3 heterocycles. The lowest BCUT2D eigenvalue weighted by molar-refractivity contribution is -0.214. The molecule has 3 aliphatic rings. The Labute approximate surface area is 99.7 Å². The van der Waals surface area contributed by atoms with Crippen LogP contribution in [-0.2, 0) is 23.7 Å². The van der Waals surface area contributed by atoms with E-state index in [2.05, 4.69) is 6.58 Å². The highest BCUT2D eigenvalue weighted by atomic mass is 16.8. The first-order chi connectivity index (χ1) is 7.94. The van der Waals surface area contributed by atoms with Gasteiger partial charge in [0.15, 0.2) is 12.1 Å². The van der Waals surface area contributed by atoms with Crippen LogP contribution < -0.4 is 0 Å². The molecule has 4 atom stereocenters. The van der Waals surface area contributed by atoms with E-state index in [1.807, 2.05) is 13.8 Å². The Morgan fingerprint density at radius 3 is 2.59 bits per heavy atom. The molecule has 0 aromatic heterocycles. The van der Waals surface area contributed by atoms with Gasteiger partial charge in [0.05, 0.1) is 0 Å². The Balaban J connectivity index is 1.64. The molecule has 17 heavy (non-hydrogen) atoms. The minimum Gasteiger partial charge on any atom is -0.456 e. The molecule has 5 nitrogen and oxygen atoms in total. The molecule has 3 rings (SSSR count). The summed E-state index contributed by atoms with van der Waals surface area (Å²) in [4.78, 5) is 11.3. The number of hydrogen-bond acceptors (Lipinski definition) is 5. The van der Waals surface area contributed by atoms with Gasteiger partial charge in [-0.25, -0.2) is 4.79 Å². The monoisotopic (exact) mass is 240 g/mol. The zero-order valence-corrected chi connectivity index (χ0v) is 9.97. The van der Waals surface area contributed by atoms with Crippen molar-refractivity contribution in [2.45, 2.75) is 57.1 Å². The van der Waals surface area contributed by atoms with Gasteiger partial charge in [0.1, 0.15) is 18.3 Å². The molecule has 0 aromatic carbocycles. The SMILES string of the molecule is C=C1C[C@@H]([C@@H]2C[C@H]3OC(C)(C)O[C@H]3O2)OC1=O. The number of carbonyl (C=O) groups excluding carboxylic acids is 1. The quantitative estimate of drug-likeness (QED) is 0.508. The predicted octanol–water partition coefficient (Wildman–Crippen LogP) is 1.12. The molecule has 0 unspecified atom stereocenters. The van der Waals surface area contributed by atoms with Gasteiger partial charge in [0, 0.05) is 18.4 Å². The second kappa shape index (κ2) is 3.54. The van der Waals surface area contributed by atoms with Crippen molar-refractivity contribution in [3.8, 4) is 0 Å². The fourth-order valence-electron chi connectivity index (χ4n) is 2.57. The van der Waals surface area contributed by atoms with Crippen LogP contribution in [0.25, 0.3) is 0 Å². The number of cyclic esters (lactones) is 1. The van der Waals surface area contributed by atoms with E-state index in [4.69, 9.17) is 18.9 Å². The van der Waals surface area contributed by atoms with Crippen LogP contribution in [0.4, 0.5) is 0 Å². The van der Waals surface area contributed by atoms with Gasteiger partial charge >= 0.3 is 5.97 Å². The molecule has 0 saturated carbocycles. The lowest BCUT2D eigenvalue weighted by Gasteiger charge is -2.22. The van der Waals surface area contributed by atoms with Crippen LogP contribution in [-0.4, -0.2) is 36.4 Å². The average molecular weight is 240 g/mol. The van der Waals surface area contributed by atoms with Crippen molar-refractivity contribution in [1.82, 2.24) is 0 Å². The third-order valence-electron chi connectivity index (χ3n) is 3.32. The van der Waals surface area contributed by atoms with Crippen molar-refractivity contribution in [1.29, 1.82) is 0 Å². The molecule has 0 aliphatic carbocycles. The third kappa shape index (κ3) is 1.88. The summed E-state index contributed by atoms with van der Waals surface area (Å²) >= 11 is 0. The Morgan fingerprint density at radius 2 is 2.00 bits per heavy atom. The first kappa shape index (κ1) is 11.2. The van der Waals surface area contributed by atoms with E-state index in [1.54, 1.807) is 0 Å². The molecule has 0 N–H and O–H groups in total. The molecule has 3 saturated heterocycles. The Bertz CT molecular complexity index is 343. The van der Waals surface area contributed by atoms with Gasteiger partial charge in [-0.05, 0) is 13.8 Å². The normalized spacial score (nSPS) is 43.9. The number of ether oxygens (including phenoxy) is 4. The average Bonchev–Trinajstić information content (AvgIpc) is 2.78. The predicted molar refractivity (Wildman–Crippen MR) is 57.0 cm³/mol. The molecule has 0 bridgehead atoms. The van der Waals surface area contributed by atoms with Gasteiger partial charge in [-0.2, -0.15) is 0 Å². The van der Waals surface area contributed by atoms with Crippen LogP contribution in [0.3, 0.4) is 0 Å². The number of rotatable bonds is 1. The molecule has 94 valence electrons. The number of hydrogen-bond donors (Lipinski definition) is 0. The largest absolute Gasteiger partial charge is 0.456 e. The standard InChI is InChI=1S/C12H16O5/c1-6-4-7(14-10(6)13)8-5-9-11(15-8)17-12(2,3)16-9/h7-9,11H,1,4-5H2,2-3H3/t7-,8-,9+,11+/m0/s1. The summed E-state index contributed by atoms with van der Waals surface area (Å²) in [7, 11) is 0. The van der Waals surface area contributed by atoms with E-state index < -0.39 is 5.79 Å². The second-order valence-corrected chi connectivity index (χ2v) is 5.20. The van der Waals surface area contributed by atoms with Crippen molar-refractivity contribution in [3.63, 3.8) is 0 Å². The molecule has 0 amide bonds. The maximum Gasteiger partial charge on any atom is 0.333 e. The van der Waals surface area contributed by atoms with Gasteiger partial charge in [-0.1, -0.05) is 6.58 Å². The molecule has 0 aromatic rings. The lowest BCUT2D eigenvalue weighted by atomic mass is 10.1. The molecular weight excluding hydrogens is 224 g/mol. The van der Waals surface area contributed by atoms with Crippen LogP contribution in [0, 0.1) is 0 Å². The molecule has 3 fully saturated rings. The van der Waals surface area contributed by atoms with Crippen LogP contribution in [0.15, 0.2) is 12.2 Å². The number of fused-ring (bicyclic) bond motifs is 1. The van der Waals surface area contributed by atoms with E-state index in [-0.39, 0.29) is 30.6 Å². The topological polar surface area (TPSA) is 54.0 Å². The minimum atomic E-state index is -0.587. The highest BCUT2D eigenvalue weighted by Crippen LogP contribution is 2.40. The van der Waals surface area contributed by atoms with Crippen LogP contribution >= 0.6 is 0 Å². The Kier molecular flexibility index (Phi) is 2.33. The van der Waals surface area contributed by atoms with Gasteiger partial charge in [-0.3, -0.25) is 0 Å². The summed E-state index contributed by atoms with van der Waals surface area (Å²) < 4.78 is 22.3. The molecule has 0 spiro atoms. The van der Waals surface area contributed by atoms with Crippen LogP contribution in [0.5, 0.6) is 0 Å². The maximum atomic E-state index is 11.3. The van der Waals surface area contributed by atoms with Crippen LogP contribution in [0.1, 0.15) is 26.7 Å². The minimum absolute atomic E-state index is 0.0671. The summed E-state index contributed by atoms with van der Waals surface area (Å²) in [5.74, 6) is -0.909. The van der Waals surface area contributed by atoms with E-state index in [0.29, 0.717) is 18.4 Å². The Morgan fingerprint density at radius 1 is 1.24 bits per heavy atom. The first-order valence-corrected chi connectivity index (χ1v) is 5.84. The van der Waals surface area contributed by atoms with Gasteiger partial charge in [-0.15, -0.1) is 0 Å². The summed E-state index contributed by atoms with van der Waals surface area (Å²) in [5, 5.41) is 0. The summed E-state index contributed by atoms with van der Waals surface area (Å²) in [6.07, 6.45) is 0.427. The van der Waals surface area contributed by atoms with Crippen molar-refractivity contribution in [2.24, 2.45) is 0 Å². The van der Waals surface area contributed by atoms with E-state index in [0.717, 1.165) is 0 Å². The van der Waals surface area contributed by atoms with E-state index >= 15 is 0 Å². The van der Waals surface area contributed by atoms with E-state index in [1.165, 1.54) is 0 Å². The molecular formula is C12H16O5. The fourth-order valence-corrected chi connectivity index (χ4v) is 2.57. The molecule has 3 aliphatic heterocycles. The highest BCUT2D eigenvalue weighted by molar-refractivity contribution is 5.90. The van der Waals surface area contributed by atoms with Crippen LogP contribution in [0.2, 0.25) is 0 Å². The lowest BCUT2D eigenvalue weighted by Crippen LogP contribution is -2.30. The highest BCUT2D eigenvalue weighted by Gasteiger charge is 2.51. The van der Waals surface area contributed by atoms with Crippen molar-refractivity contribution >= 4 is 5.97 Å². The van der Waals surface area contributed by atoms with Gasteiger partial charge in [0.25, 0.3) is 0 Å². The van der Waals surface area contributed by atoms with Gasteiger partial charge in [0.2, 0.25) is 0 Å². The fraction of sp³-hybridized carbons (Fsp3) is 0.750. The van der Waals surface area contributed by atoms with Crippen molar-refractivity contribution in [3.05, 3.63) is 12.2 Å². The second-order valence-electron chi connectivity index (χ2n) is 5.20. The zero-order valence-electron chi connectivity index (χ0n) is 9.97. The van der Waals surface area contributed by atoms with E-state index in [9.17, 15) is 4.79 Å². The summed E-state index contributed by atoms with van der Waals surface area (Å²) in [6, 6.07) is 0. The smallest absolute Gasteiger partial charge is 0.333 e. The van der Waals surface area contributed by atoms with Crippen molar-refractivity contribution < 1.29 is 23.7 Å². The summed E-state index contributed by atoms with van der Waals surface area (Å²) in [5.41, 5.74) is 0.512. The van der Waals surface area contributed by atoms with Crippen molar-refractivity contribution in [2.75, 3.05) is 0 Å². The molecule has 5 heteroatoms. The third-order valence-corrected chi connectivity index (χ3v) is 3.32. The zero-order chi connectivity index (χ0) is 12.2. The number of esters is 1. The maximum absolute atomic E-state index is 11.3. The number of carbonyl (C=O) groups is 1. The first-order valence-electron chi connectivity index (χ1n) is 5.84. The molecule has 0 radical (unpaired) electrons. The van der Waals surface area contributed by atoms with Gasteiger partial charge < -0.3 is 18.9 Å². The summed E-state index contributed by atoms with van der Waals surface area (Å²) in [6.45, 7) is 7.38. The Hall–Kier alpha value is -0.910.